The van der Waals surface area contributed by atoms with Crippen LogP contribution in [0.2, 0.25) is 0 Å². The third-order valence-corrected chi connectivity index (χ3v) is 4.48. The quantitative estimate of drug-likeness (QED) is 0.517. The molecule has 0 aromatic carbocycles. The van der Waals surface area contributed by atoms with E-state index in [2.05, 4.69) is 39.5 Å². The van der Waals surface area contributed by atoms with Gasteiger partial charge < -0.3 is 10.2 Å². The molecule has 0 saturated carbocycles. The number of hydrogen-bond donors (Lipinski definition) is 2. The van der Waals surface area contributed by atoms with E-state index in [4.69, 9.17) is 0 Å². The highest BCUT2D eigenvalue weighted by atomic mass is 16.3. The SMILES string of the molecule is C=C[C@](O)(CC)C[C@@](O)(/C=C(\C)C[C@H](/C=C/CC)CC)CC. The molecule has 0 aliphatic heterocycles. The van der Waals surface area contributed by atoms with Gasteiger partial charge in [0, 0.05) is 6.42 Å². The average molecular weight is 309 g/mol. The highest BCUT2D eigenvalue weighted by Gasteiger charge is 2.33. The molecule has 0 amide bonds. The molecule has 2 nitrogen and oxygen atoms in total. The van der Waals surface area contributed by atoms with Crippen LogP contribution in [-0.4, -0.2) is 21.4 Å². The van der Waals surface area contributed by atoms with Crippen molar-refractivity contribution in [3.63, 3.8) is 0 Å². The van der Waals surface area contributed by atoms with Gasteiger partial charge in [-0.3, -0.25) is 0 Å². The van der Waals surface area contributed by atoms with Crippen LogP contribution in [0.3, 0.4) is 0 Å². The van der Waals surface area contributed by atoms with E-state index in [1.165, 1.54) is 5.57 Å². The van der Waals surface area contributed by atoms with Gasteiger partial charge in [-0.25, -0.2) is 0 Å². The summed E-state index contributed by atoms with van der Waals surface area (Å²) in [5.74, 6) is 0.516. The number of hydrogen-bond acceptors (Lipinski definition) is 2. The first-order chi connectivity index (χ1) is 10.3. The second kappa shape index (κ2) is 10.0. The number of aliphatic hydroxyl groups is 2. The van der Waals surface area contributed by atoms with Crippen molar-refractivity contribution in [2.24, 2.45) is 5.92 Å². The zero-order valence-electron chi connectivity index (χ0n) is 15.2. The molecule has 3 atom stereocenters. The van der Waals surface area contributed by atoms with Crippen LogP contribution in [0.5, 0.6) is 0 Å². The lowest BCUT2D eigenvalue weighted by Crippen LogP contribution is -2.38. The Hall–Kier alpha value is -0.860. The van der Waals surface area contributed by atoms with Gasteiger partial charge in [-0.2, -0.15) is 0 Å². The Morgan fingerprint density at radius 3 is 2.09 bits per heavy atom. The summed E-state index contributed by atoms with van der Waals surface area (Å²) in [6, 6.07) is 0. The number of allylic oxidation sites excluding steroid dienone is 3. The summed E-state index contributed by atoms with van der Waals surface area (Å²) < 4.78 is 0. The summed E-state index contributed by atoms with van der Waals surface area (Å²) >= 11 is 0. The smallest absolute Gasteiger partial charge is 0.0858 e. The highest BCUT2D eigenvalue weighted by Crippen LogP contribution is 2.30. The van der Waals surface area contributed by atoms with Crippen molar-refractivity contribution >= 4 is 0 Å². The lowest BCUT2D eigenvalue weighted by molar-refractivity contribution is -0.0164. The number of rotatable bonds is 11. The van der Waals surface area contributed by atoms with Crippen molar-refractivity contribution in [3.05, 3.63) is 36.5 Å². The third-order valence-electron chi connectivity index (χ3n) is 4.48. The van der Waals surface area contributed by atoms with E-state index < -0.39 is 11.2 Å². The van der Waals surface area contributed by atoms with Gasteiger partial charge in [0.25, 0.3) is 0 Å². The normalized spacial score (nSPS) is 19.7. The molecular weight excluding hydrogens is 272 g/mol. The maximum atomic E-state index is 10.8. The first-order valence-corrected chi connectivity index (χ1v) is 8.71. The molecule has 0 fully saturated rings. The van der Waals surface area contributed by atoms with Crippen LogP contribution in [0.1, 0.15) is 73.1 Å². The average Bonchev–Trinajstić information content (AvgIpc) is 2.50. The summed E-state index contributed by atoms with van der Waals surface area (Å²) in [6.45, 7) is 14.0. The Kier molecular flexibility index (Phi) is 9.63. The summed E-state index contributed by atoms with van der Waals surface area (Å²) in [6.07, 6.45) is 12.5. The Labute approximate surface area is 137 Å². The molecule has 0 aromatic rings. The molecule has 0 radical (unpaired) electrons. The zero-order valence-corrected chi connectivity index (χ0v) is 15.2. The predicted molar refractivity (Wildman–Crippen MR) is 96.9 cm³/mol. The summed E-state index contributed by atoms with van der Waals surface area (Å²) in [7, 11) is 0. The largest absolute Gasteiger partial charge is 0.386 e. The first-order valence-electron chi connectivity index (χ1n) is 8.71. The van der Waals surface area contributed by atoms with Gasteiger partial charge in [0.2, 0.25) is 0 Å². The van der Waals surface area contributed by atoms with Gasteiger partial charge in [-0.15, -0.1) is 6.58 Å². The molecule has 0 aliphatic carbocycles. The fourth-order valence-electron chi connectivity index (χ4n) is 2.76. The fraction of sp³-hybridized carbons (Fsp3) is 0.700. The van der Waals surface area contributed by atoms with Crippen LogP contribution in [0, 0.1) is 5.92 Å². The molecule has 2 N–H and O–H groups in total. The molecule has 0 bridgehead atoms. The van der Waals surface area contributed by atoms with Gasteiger partial charge in [-0.1, -0.05) is 57.6 Å². The second-order valence-electron chi connectivity index (χ2n) is 6.49. The molecule has 22 heavy (non-hydrogen) atoms. The minimum atomic E-state index is -1.01. The van der Waals surface area contributed by atoms with Crippen LogP contribution in [0.25, 0.3) is 0 Å². The van der Waals surface area contributed by atoms with Crippen LogP contribution < -0.4 is 0 Å². The van der Waals surface area contributed by atoms with Gasteiger partial charge in [0.1, 0.15) is 0 Å². The highest BCUT2D eigenvalue weighted by molar-refractivity contribution is 5.14. The van der Waals surface area contributed by atoms with E-state index in [-0.39, 0.29) is 0 Å². The molecular formula is C20H36O2. The molecule has 0 heterocycles. The molecule has 0 unspecified atom stereocenters. The minimum absolute atomic E-state index is 0.301. The van der Waals surface area contributed by atoms with Gasteiger partial charge >= 0.3 is 0 Å². The van der Waals surface area contributed by atoms with Crippen molar-refractivity contribution < 1.29 is 10.2 Å². The summed E-state index contributed by atoms with van der Waals surface area (Å²) in [4.78, 5) is 0. The van der Waals surface area contributed by atoms with E-state index in [1.807, 2.05) is 19.9 Å². The standard InChI is InChI=1S/C20H36O2/c1-7-12-13-18(8-2)14-17(6)15-20(22,11-5)16-19(21,9-3)10-4/h9,12-13,15,18,21-22H,3,7-8,10-11,14,16H2,1-2,4-6H3/b13-12+,17-15+/t18-,19-,20-/m0/s1. The zero-order chi connectivity index (χ0) is 17.2. The third kappa shape index (κ3) is 7.42. The van der Waals surface area contributed by atoms with Crippen LogP contribution >= 0.6 is 0 Å². The van der Waals surface area contributed by atoms with E-state index in [0.29, 0.717) is 25.2 Å². The van der Waals surface area contributed by atoms with E-state index in [0.717, 1.165) is 19.3 Å². The maximum Gasteiger partial charge on any atom is 0.0858 e. The van der Waals surface area contributed by atoms with E-state index in [1.54, 1.807) is 6.08 Å². The summed E-state index contributed by atoms with van der Waals surface area (Å²) in [5, 5.41) is 21.3. The Morgan fingerprint density at radius 2 is 1.68 bits per heavy atom. The second-order valence-corrected chi connectivity index (χ2v) is 6.49. The van der Waals surface area contributed by atoms with Crippen LogP contribution in [-0.2, 0) is 0 Å². The lowest BCUT2D eigenvalue weighted by atomic mass is 9.81. The van der Waals surface area contributed by atoms with Crippen molar-refractivity contribution in [1.82, 2.24) is 0 Å². The molecule has 0 aliphatic rings. The fourth-order valence-corrected chi connectivity index (χ4v) is 2.76. The van der Waals surface area contributed by atoms with Gasteiger partial charge in [-0.05, 0) is 44.9 Å². The van der Waals surface area contributed by atoms with E-state index in [9.17, 15) is 10.2 Å². The molecule has 0 aromatic heterocycles. The van der Waals surface area contributed by atoms with Crippen LogP contribution in [0.4, 0.5) is 0 Å². The maximum absolute atomic E-state index is 10.8. The molecule has 0 saturated heterocycles. The topological polar surface area (TPSA) is 40.5 Å². The molecule has 0 spiro atoms. The first kappa shape index (κ1) is 21.1. The Morgan fingerprint density at radius 1 is 1.09 bits per heavy atom. The molecule has 2 heteroatoms. The van der Waals surface area contributed by atoms with Crippen molar-refractivity contribution in [1.29, 1.82) is 0 Å². The van der Waals surface area contributed by atoms with Crippen LogP contribution in [0.15, 0.2) is 36.5 Å². The summed E-state index contributed by atoms with van der Waals surface area (Å²) in [5.41, 5.74) is -0.802. The lowest BCUT2D eigenvalue weighted by Gasteiger charge is -2.33. The monoisotopic (exact) mass is 308 g/mol. The van der Waals surface area contributed by atoms with Crippen molar-refractivity contribution in [2.45, 2.75) is 84.3 Å². The minimum Gasteiger partial charge on any atom is -0.386 e. The van der Waals surface area contributed by atoms with Gasteiger partial charge in [0.15, 0.2) is 0 Å². The Balaban J connectivity index is 5.07. The molecule has 0 rings (SSSR count). The predicted octanol–water partition coefficient (Wildman–Crippen LogP) is 5.17. The van der Waals surface area contributed by atoms with Gasteiger partial charge in [0.05, 0.1) is 11.2 Å². The molecule has 128 valence electrons. The van der Waals surface area contributed by atoms with Crippen molar-refractivity contribution in [2.75, 3.05) is 0 Å². The van der Waals surface area contributed by atoms with Crippen molar-refractivity contribution in [3.8, 4) is 0 Å². The van der Waals surface area contributed by atoms with E-state index >= 15 is 0 Å². The Bertz CT molecular complexity index is 383.